The molecule has 3 heterocycles. The molecular weight excluding hydrogens is 306 g/mol. The number of nitrogens with zero attached hydrogens (tertiary/aromatic N) is 3. The minimum atomic E-state index is 0.269. The van der Waals surface area contributed by atoms with Gasteiger partial charge in [-0.15, -0.1) is 0 Å². The van der Waals surface area contributed by atoms with E-state index in [0.29, 0.717) is 11.5 Å². The summed E-state index contributed by atoms with van der Waals surface area (Å²) < 4.78 is 10.7. The van der Waals surface area contributed by atoms with Gasteiger partial charge in [-0.3, -0.25) is 4.90 Å². The van der Waals surface area contributed by atoms with Crippen LogP contribution in [0, 0.1) is 5.41 Å². The average Bonchev–Trinajstić information content (AvgIpc) is 3.23. The summed E-state index contributed by atoms with van der Waals surface area (Å²) in [7, 11) is 3.55. The van der Waals surface area contributed by atoms with Gasteiger partial charge in [0.2, 0.25) is 0 Å². The van der Waals surface area contributed by atoms with Crippen molar-refractivity contribution in [1.29, 1.82) is 0 Å². The lowest BCUT2D eigenvalue weighted by Crippen LogP contribution is -2.48. The fraction of sp³-hybridized carbons (Fsp3) is 0.944. The zero-order chi connectivity index (χ0) is 17.0. The van der Waals surface area contributed by atoms with Crippen molar-refractivity contribution < 1.29 is 14.3 Å². The lowest BCUT2D eigenvalue weighted by molar-refractivity contribution is 0.0869. The van der Waals surface area contributed by atoms with Crippen LogP contribution in [0.15, 0.2) is 0 Å². The maximum atomic E-state index is 12.6. The molecule has 0 N–H and O–H groups in total. The standard InChI is InChI=1S/C18H33N3O3/c1-23-12-11-21-15-18(13-16(21)14-24-2)5-9-20(10-6-18)17(22)19-7-3-4-8-19/h16H,3-15H2,1-2H3/t16-/m1/s1. The highest BCUT2D eigenvalue weighted by Crippen LogP contribution is 2.43. The first-order valence-electron chi connectivity index (χ1n) is 9.43. The summed E-state index contributed by atoms with van der Waals surface area (Å²) in [6.45, 7) is 7.37. The van der Waals surface area contributed by atoms with E-state index in [1.54, 1.807) is 14.2 Å². The van der Waals surface area contributed by atoms with E-state index in [1.807, 2.05) is 4.90 Å². The Balaban J connectivity index is 1.55. The quantitative estimate of drug-likeness (QED) is 0.764. The molecule has 2 amide bonds. The Morgan fingerprint density at radius 3 is 2.33 bits per heavy atom. The molecule has 3 fully saturated rings. The molecular formula is C18H33N3O3. The Bertz CT molecular complexity index is 418. The molecule has 0 aromatic carbocycles. The van der Waals surface area contributed by atoms with Crippen molar-refractivity contribution in [3.8, 4) is 0 Å². The summed E-state index contributed by atoms with van der Waals surface area (Å²) in [6, 6.07) is 0.760. The first kappa shape index (κ1) is 18.0. The lowest BCUT2D eigenvalue weighted by atomic mass is 9.76. The van der Waals surface area contributed by atoms with E-state index >= 15 is 0 Å². The molecule has 1 spiro atoms. The Kier molecular flexibility index (Phi) is 6.00. The average molecular weight is 339 g/mol. The van der Waals surface area contributed by atoms with Crippen LogP contribution in [0.2, 0.25) is 0 Å². The summed E-state index contributed by atoms with van der Waals surface area (Å²) in [6.07, 6.45) is 5.76. The molecule has 6 nitrogen and oxygen atoms in total. The van der Waals surface area contributed by atoms with E-state index in [-0.39, 0.29) is 6.03 Å². The number of rotatable bonds is 5. The van der Waals surface area contributed by atoms with Crippen molar-refractivity contribution in [3.63, 3.8) is 0 Å². The summed E-state index contributed by atoms with van der Waals surface area (Å²) in [5, 5.41) is 0. The van der Waals surface area contributed by atoms with Crippen LogP contribution in [-0.4, -0.2) is 93.5 Å². The molecule has 3 aliphatic heterocycles. The van der Waals surface area contributed by atoms with Gasteiger partial charge in [-0.25, -0.2) is 4.79 Å². The second-order valence-corrected chi connectivity index (χ2v) is 7.74. The monoisotopic (exact) mass is 339 g/mol. The minimum absolute atomic E-state index is 0.269. The van der Waals surface area contributed by atoms with Crippen LogP contribution < -0.4 is 0 Å². The van der Waals surface area contributed by atoms with Crippen LogP contribution in [0.25, 0.3) is 0 Å². The van der Waals surface area contributed by atoms with Gasteiger partial charge in [-0.1, -0.05) is 0 Å². The van der Waals surface area contributed by atoms with Crippen molar-refractivity contribution >= 4 is 6.03 Å². The van der Waals surface area contributed by atoms with Crippen molar-refractivity contribution in [2.45, 2.75) is 38.1 Å². The predicted octanol–water partition coefficient (Wildman–Crippen LogP) is 1.65. The first-order valence-corrected chi connectivity index (χ1v) is 9.43. The number of ether oxygens (including phenoxy) is 2. The number of hydrogen-bond acceptors (Lipinski definition) is 4. The molecule has 24 heavy (non-hydrogen) atoms. The van der Waals surface area contributed by atoms with Crippen LogP contribution in [0.3, 0.4) is 0 Å². The summed E-state index contributed by atoms with van der Waals surface area (Å²) in [5.41, 5.74) is 0.360. The van der Waals surface area contributed by atoms with Crippen LogP contribution in [-0.2, 0) is 9.47 Å². The van der Waals surface area contributed by atoms with Crippen LogP contribution >= 0.6 is 0 Å². The second kappa shape index (κ2) is 8.02. The zero-order valence-electron chi connectivity index (χ0n) is 15.3. The largest absolute Gasteiger partial charge is 0.383 e. The van der Waals surface area contributed by atoms with Gasteiger partial charge in [0.25, 0.3) is 0 Å². The molecule has 138 valence electrons. The van der Waals surface area contributed by atoms with Gasteiger partial charge < -0.3 is 19.3 Å². The normalized spacial score (nSPS) is 27.3. The molecule has 0 unspecified atom stereocenters. The summed E-state index contributed by atoms with van der Waals surface area (Å²) in [4.78, 5) is 19.2. The minimum Gasteiger partial charge on any atom is -0.383 e. The molecule has 0 radical (unpaired) electrons. The maximum absolute atomic E-state index is 12.6. The van der Waals surface area contributed by atoms with Gasteiger partial charge in [0.05, 0.1) is 13.2 Å². The molecule has 3 rings (SSSR count). The van der Waals surface area contributed by atoms with Crippen molar-refractivity contribution in [1.82, 2.24) is 14.7 Å². The number of likely N-dealkylation sites (tertiary alicyclic amines) is 3. The Morgan fingerprint density at radius 2 is 1.71 bits per heavy atom. The molecule has 0 bridgehead atoms. The molecule has 0 aromatic heterocycles. The molecule has 3 saturated heterocycles. The third-order valence-electron chi connectivity index (χ3n) is 6.14. The van der Waals surface area contributed by atoms with E-state index in [0.717, 1.165) is 78.2 Å². The zero-order valence-corrected chi connectivity index (χ0v) is 15.3. The van der Waals surface area contributed by atoms with E-state index in [1.165, 1.54) is 6.42 Å². The third-order valence-corrected chi connectivity index (χ3v) is 6.14. The van der Waals surface area contributed by atoms with Crippen LogP contribution in [0.5, 0.6) is 0 Å². The van der Waals surface area contributed by atoms with Crippen molar-refractivity contribution in [2.75, 3.05) is 66.7 Å². The SMILES string of the molecule is COCCN1CC2(CCN(C(=O)N3CCCC3)CC2)C[C@@H]1COC. The van der Waals surface area contributed by atoms with Crippen molar-refractivity contribution in [2.24, 2.45) is 5.41 Å². The number of amides is 2. The number of piperidine rings is 1. The van der Waals surface area contributed by atoms with Gasteiger partial charge in [-0.2, -0.15) is 0 Å². The van der Waals surface area contributed by atoms with E-state index in [9.17, 15) is 4.79 Å². The van der Waals surface area contributed by atoms with E-state index in [4.69, 9.17) is 9.47 Å². The number of carbonyl (C=O) groups excluding carboxylic acids is 1. The lowest BCUT2D eigenvalue weighted by Gasteiger charge is -2.40. The molecule has 0 saturated carbocycles. The molecule has 0 aliphatic carbocycles. The number of urea groups is 1. The highest BCUT2D eigenvalue weighted by Gasteiger charge is 2.46. The van der Waals surface area contributed by atoms with E-state index in [2.05, 4.69) is 9.80 Å². The van der Waals surface area contributed by atoms with Gasteiger partial charge in [0.15, 0.2) is 0 Å². The Morgan fingerprint density at radius 1 is 1.04 bits per heavy atom. The highest BCUT2D eigenvalue weighted by atomic mass is 16.5. The Hall–Kier alpha value is -0.850. The van der Waals surface area contributed by atoms with Gasteiger partial charge in [0, 0.05) is 59.5 Å². The summed E-state index contributed by atoms with van der Waals surface area (Å²) in [5.74, 6) is 0. The van der Waals surface area contributed by atoms with Gasteiger partial charge in [-0.05, 0) is 37.5 Å². The Labute approximate surface area is 146 Å². The maximum Gasteiger partial charge on any atom is 0.319 e. The van der Waals surface area contributed by atoms with Gasteiger partial charge in [0.1, 0.15) is 0 Å². The molecule has 3 aliphatic rings. The highest BCUT2D eigenvalue weighted by molar-refractivity contribution is 5.74. The number of carbonyl (C=O) groups is 1. The topological polar surface area (TPSA) is 45.2 Å². The fourth-order valence-electron chi connectivity index (χ4n) is 4.72. The smallest absolute Gasteiger partial charge is 0.319 e. The number of hydrogen-bond donors (Lipinski definition) is 0. The van der Waals surface area contributed by atoms with Crippen LogP contribution in [0.4, 0.5) is 4.79 Å². The fourth-order valence-corrected chi connectivity index (χ4v) is 4.72. The molecule has 6 heteroatoms. The van der Waals surface area contributed by atoms with Crippen LogP contribution in [0.1, 0.15) is 32.1 Å². The van der Waals surface area contributed by atoms with Gasteiger partial charge >= 0.3 is 6.03 Å². The second-order valence-electron chi connectivity index (χ2n) is 7.74. The molecule has 1 atom stereocenters. The third kappa shape index (κ3) is 3.86. The van der Waals surface area contributed by atoms with Crippen molar-refractivity contribution in [3.05, 3.63) is 0 Å². The summed E-state index contributed by atoms with van der Waals surface area (Å²) >= 11 is 0. The first-order chi connectivity index (χ1) is 11.7. The molecule has 0 aromatic rings. The van der Waals surface area contributed by atoms with E-state index < -0.39 is 0 Å². The predicted molar refractivity (Wildman–Crippen MR) is 93.2 cm³/mol. The number of methoxy groups -OCH3 is 2.